The van der Waals surface area contributed by atoms with Crippen molar-refractivity contribution in [3.63, 3.8) is 0 Å². The minimum Gasteiger partial charge on any atom is -0.310 e. The second-order valence-electron chi connectivity index (χ2n) is 6.34. The molecule has 1 unspecified atom stereocenters. The maximum absolute atomic E-state index is 12.5. The number of thioether (sulfide) groups is 1. The Hall–Kier alpha value is -1.17. The van der Waals surface area contributed by atoms with E-state index in [2.05, 4.69) is 10.4 Å². The normalized spacial score (nSPS) is 23.8. The van der Waals surface area contributed by atoms with E-state index in [-0.39, 0.29) is 22.8 Å². The topological polar surface area (TPSA) is 66.9 Å². The van der Waals surface area contributed by atoms with Gasteiger partial charge in [0.2, 0.25) is 5.91 Å². The highest BCUT2D eigenvalue weighted by molar-refractivity contribution is 8.00. The third-order valence-corrected chi connectivity index (χ3v) is 5.90. The lowest BCUT2D eigenvalue weighted by Gasteiger charge is -2.28. The Morgan fingerprint density at radius 3 is 2.57 bits per heavy atom. The Labute approximate surface area is 128 Å². The molecule has 2 aliphatic rings. The van der Waals surface area contributed by atoms with Gasteiger partial charge in [-0.25, -0.2) is 0 Å². The van der Waals surface area contributed by atoms with Crippen LogP contribution in [0.1, 0.15) is 62.8 Å². The van der Waals surface area contributed by atoms with Crippen molar-refractivity contribution in [1.82, 2.24) is 9.78 Å². The van der Waals surface area contributed by atoms with Gasteiger partial charge in [-0.15, -0.1) is 11.8 Å². The van der Waals surface area contributed by atoms with Gasteiger partial charge in [0, 0.05) is 11.3 Å². The standard InChI is InChI=1S/C15H23N3O2S/c1-9(2)18-14-12(15(20)17-18)13(21-8-11(19)16-14)10-6-4-3-5-7-10/h9-10,13H,3-8H2,1-2H3,(H,16,19)(H,17,20). The summed E-state index contributed by atoms with van der Waals surface area (Å²) in [6, 6.07) is 0.122. The van der Waals surface area contributed by atoms with Crippen molar-refractivity contribution in [3.05, 3.63) is 15.9 Å². The number of hydrogen-bond donors (Lipinski definition) is 2. The van der Waals surface area contributed by atoms with Gasteiger partial charge in [0.15, 0.2) is 0 Å². The molecule has 1 saturated carbocycles. The zero-order valence-corrected chi connectivity index (χ0v) is 13.5. The van der Waals surface area contributed by atoms with Crippen molar-refractivity contribution in [2.24, 2.45) is 5.92 Å². The van der Waals surface area contributed by atoms with Crippen molar-refractivity contribution in [2.75, 3.05) is 11.1 Å². The molecule has 0 spiro atoms. The van der Waals surface area contributed by atoms with Crippen LogP contribution in [-0.2, 0) is 4.79 Å². The number of H-pyrrole nitrogens is 1. The third-order valence-electron chi connectivity index (χ3n) is 4.49. The predicted octanol–water partition coefficient (Wildman–Crippen LogP) is 3.06. The summed E-state index contributed by atoms with van der Waals surface area (Å²) in [7, 11) is 0. The fourth-order valence-corrected chi connectivity index (χ4v) is 4.80. The molecule has 0 saturated heterocycles. The molecule has 1 aliphatic heterocycles. The molecule has 1 fully saturated rings. The Balaban J connectivity index is 2.04. The van der Waals surface area contributed by atoms with Crippen LogP contribution in [0.15, 0.2) is 4.79 Å². The van der Waals surface area contributed by atoms with Crippen LogP contribution in [0.2, 0.25) is 0 Å². The number of carbonyl (C=O) groups is 1. The van der Waals surface area contributed by atoms with Gasteiger partial charge in [0.05, 0.1) is 11.3 Å². The summed E-state index contributed by atoms with van der Waals surface area (Å²) in [5.74, 6) is 1.64. The first-order valence-electron chi connectivity index (χ1n) is 7.83. The minimum atomic E-state index is -0.0380. The number of nitrogens with one attached hydrogen (secondary N) is 2. The third kappa shape index (κ3) is 2.78. The summed E-state index contributed by atoms with van der Waals surface area (Å²) >= 11 is 1.64. The van der Waals surface area contributed by atoms with Crippen molar-refractivity contribution < 1.29 is 4.79 Å². The molecular formula is C15H23N3O2S. The summed E-state index contributed by atoms with van der Waals surface area (Å²) in [6.07, 6.45) is 6.10. The number of aromatic nitrogens is 2. The highest BCUT2D eigenvalue weighted by Gasteiger charge is 2.35. The zero-order chi connectivity index (χ0) is 15.0. The van der Waals surface area contributed by atoms with E-state index in [1.54, 1.807) is 16.4 Å². The summed E-state index contributed by atoms with van der Waals surface area (Å²) in [5.41, 5.74) is 0.746. The number of aromatic amines is 1. The fourth-order valence-electron chi connectivity index (χ4n) is 3.47. The molecule has 2 N–H and O–H groups in total. The molecule has 6 heteroatoms. The van der Waals surface area contributed by atoms with Gasteiger partial charge in [-0.2, -0.15) is 0 Å². The van der Waals surface area contributed by atoms with E-state index in [1.165, 1.54) is 19.3 Å². The smallest absolute Gasteiger partial charge is 0.270 e. The van der Waals surface area contributed by atoms with Crippen molar-refractivity contribution in [1.29, 1.82) is 0 Å². The molecule has 3 rings (SSSR count). The molecule has 0 radical (unpaired) electrons. The molecule has 1 aliphatic carbocycles. The Bertz CT molecular complexity index is 584. The summed E-state index contributed by atoms with van der Waals surface area (Å²) < 4.78 is 1.80. The first-order chi connectivity index (χ1) is 10.1. The largest absolute Gasteiger partial charge is 0.310 e. The molecule has 5 nitrogen and oxygen atoms in total. The van der Waals surface area contributed by atoms with E-state index >= 15 is 0 Å². The van der Waals surface area contributed by atoms with Crippen LogP contribution in [-0.4, -0.2) is 21.4 Å². The number of nitrogens with zero attached hydrogens (tertiary/aromatic N) is 1. The van der Waals surface area contributed by atoms with Crippen LogP contribution in [0.5, 0.6) is 0 Å². The minimum absolute atomic E-state index is 0.00652. The molecule has 1 aromatic heterocycles. The molecule has 0 aromatic carbocycles. The molecule has 1 aromatic rings. The fraction of sp³-hybridized carbons (Fsp3) is 0.733. The molecule has 2 heterocycles. The van der Waals surface area contributed by atoms with Gasteiger partial charge in [-0.1, -0.05) is 19.3 Å². The van der Waals surface area contributed by atoms with Crippen molar-refractivity contribution in [3.8, 4) is 0 Å². The van der Waals surface area contributed by atoms with Crippen molar-refractivity contribution in [2.45, 2.75) is 57.2 Å². The van der Waals surface area contributed by atoms with Crippen LogP contribution in [0.3, 0.4) is 0 Å². The predicted molar refractivity (Wildman–Crippen MR) is 85.8 cm³/mol. The average Bonchev–Trinajstić information content (AvgIpc) is 2.68. The van der Waals surface area contributed by atoms with E-state index < -0.39 is 0 Å². The van der Waals surface area contributed by atoms with Crippen LogP contribution >= 0.6 is 11.8 Å². The average molecular weight is 309 g/mol. The van der Waals surface area contributed by atoms with Gasteiger partial charge in [0.1, 0.15) is 5.82 Å². The Kier molecular flexibility index (Phi) is 4.15. The second-order valence-corrected chi connectivity index (χ2v) is 7.47. The van der Waals surface area contributed by atoms with E-state index in [0.29, 0.717) is 17.5 Å². The maximum Gasteiger partial charge on any atom is 0.270 e. The monoisotopic (exact) mass is 309 g/mol. The number of anilines is 1. The summed E-state index contributed by atoms with van der Waals surface area (Å²) in [4.78, 5) is 24.5. The number of fused-ring (bicyclic) bond motifs is 1. The van der Waals surface area contributed by atoms with E-state index in [9.17, 15) is 9.59 Å². The Morgan fingerprint density at radius 2 is 1.90 bits per heavy atom. The highest BCUT2D eigenvalue weighted by atomic mass is 32.2. The number of hydrogen-bond acceptors (Lipinski definition) is 3. The van der Waals surface area contributed by atoms with Crippen LogP contribution in [0.25, 0.3) is 0 Å². The molecule has 1 atom stereocenters. The number of amides is 1. The summed E-state index contributed by atoms with van der Waals surface area (Å²) in [5, 5.41) is 5.98. The van der Waals surface area contributed by atoms with Gasteiger partial charge < -0.3 is 5.32 Å². The maximum atomic E-state index is 12.5. The Morgan fingerprint density at radius 1 is 1.19 bits per heavy atom. The van der Waals surface area contributed by atoms with Gasteiger partial charge >= 0.3 is 0 Å². The lowest BCUT2D eigenvalue weighted by molar-refractivity contribution is -0.113. The SMILES string of the molecule is CC(C)n1[nH]c(=O)c2c1NC(=O)CSC2C1CCCCC1. The number of rotatable bonds is 2. The van der Waals surface area contributed by atoms with Gasteiger partial charge in [-0.3, -0.25) is 19.4 Å². The lowest BCUT2D eigenvalue weighted by atomic mass is 9.85. The van der Waals surface area contributed by atoms with Crippen LogP contribution in [0.4, 0.5) is 5.82 Å². The van der Waals surface area contributed by atoms with Crippen molar-refractivity contribution >= 4 is 23.5 Å². The molecule has 21 heavy (non-hydrogen) atoms. The highest BCUT2D eigenvalue weighted by Crippen LogP contribution is 2.45. The van der Waals surface area contributed by atoms with Gasteiger partial charge in [-0.05, 0) is 32.6 Å². The van der Waals surface area contributed by atoms with Crippen LogP contribution < -0.4 is 10.9 Å². The zero-order valence-electron chi connectivity index (χ0n) is 12.6. The van der Waals surface area contributed by atoms with E-state index in [0.717, 1.165) is 18.4 Å². The molecule has 1 amide bonds. The van der Waals surface area contributed by atoms with E-state index in [1.807, 2.05) is 13.8 Å². The lowest BCUT2D eigenvalue weighted by Crippen LogP contribution is -2.19. The second kappa shape index (κ2) is 5.91. The molecule has 116 valence electrons. The quantitative estimate of drug-likeness (QED) is 0.882. The first-order valence-corrected chi connectivity index (χ1v) is 8.88. The number of carbonyl (C=O) groups excluding carboxylic acids is 1. The molecular weight excluding hydrogens is 286 g/mol. The molecule has 0 bridgehead atoms. The first kappa shape index (κ1) is 14.8. The summed E-state index contributed by atoms with van der Waals surface area (Å²) in [6.45, 7) is 4.02. The van der Waals surface area contributed by atoms with Crippen LogP contribution in [0, 0.1) is 5.92 Å². The van der Waals surface area contributed by atoms with E-state index in [4.69, 9.17) is 0 Å². The van der Waals surface area contributed by atoms with Gasteiger partial charge in [0.25, 0.3) is 5.56 Å².